The fourth-order valence-electron chi connectivity index (χ4n) is 3.27. The van der Waals surface area contributed by atoms with Gasteiger partial charge in [-0.2, -0.15) is 0 Å². The molecular weight excluding hydrogens is 413 g/mol. The van der Waals surface area contributed by atoms with Gasteiger partial charge in [-0.1, -0.05) is 18.2 Å². The molecule has 0 radical (unpaired) electrons. The first kappa shape index (κ1) is 21.3. The number of pyridine rings is 1. The summed E-state index contributed by atoms with van der Waals surface area (Å²) in [5.41, 5.74) is 1.52. The van der Waals surface area contributed by atoms with E-state index in [1.165, 1.54) is 24.3 Å². The van der Waals surface area contributed by atoms with Crippen LogP contribution >= 0.6 is 0 Å². The number of nitrogens with zero attached hydrogens (tertiary/aromatic N) is 2. The molecule has 0 atom stereocenters. The maximum absolute atomic E-state index is 12.9. The normalized spacial score (nSPS) is 12.5. The van der Waals surface area contributed by atoms with Gasteiger partial charge in [-0.25, -0.2) is 9.37 Å². The second-order valence-corrected chi connectivity index (χ2v) is 7.20. The van der Waals surface area contributed by atoms with Crippen molar-refractivity contribution in [1.29, 1.82) is 0 Å². The fraction of sp³-hybridized carbons (Fsp3) is 0.208. The molecule has 0 spiro atoms. The van der Waals surface area contributed by atoms with Crippen molar-refractivity contribution in [2.24, 2.45) is 0 Å². The number of ether oxygens (including phenoxy) is 2. The Kier molecular flexibility index (Phi) is 6.60. The number of aromatic nitrogens is 1. The minimum absolute atomic E-state index is 0.0948. The van der Waals surface area contributed by atoms with E-state index in [0.717, 1.165) is 11.3 Å². The number of amides is 2. The summed E-state index contributed by atoms with van der Waals surface area (Å²) in [5.74, 6) is 0.853. The van der Waals surface area contributed by atoms with Crippen LogP contribution in [0.1, 0.15) is 18.4 Å². The predicted molar refractivity (Wildman–Crippen MR) is 116 cm³/mol. The lowest BCUT2D eigenvalue weighted by molar-refractivity contribution is -0.125. The van der Waals surface area contributed by atoms with Gasteiger partial charge in [0.1, 0.15) is 23.9 Å². The van der Waals surface area contributed by atoms with Crippen molar-refractivity contribution in [2.75, 3.05) is 18.1 Å². The first-order valence-corrected chi connectivity index (χ1v) is 10.3. The number of para-hydroxylation sites is 2. The number of anilines is 1. The Morgan fingerprint density at radius 1 is 1.06 bits per heavy atom. The lowest BCUT2D eigenvalue weighted by Gasteiger charge is -2.29. The standard InChI is InChI=1S/C24H22FN3O4/c25-18-6-8-19(9-7-18)32-23-11-5-17(16-27-23)15-26-22(29)10-12-24(30)28-13-14-31-21-4-2-1-3-20(21)28/h1-9,11,16H,10,12-15H2,(H,26,29). The summed E-state index contributed by atoms with van der Waals surface area (Å²) >= 11 is 0. The second kappa shape index (κ2) is 9.91. The van der Waals surface area contributed by atoms with Gasteiger partial charge in [0.25, 0.3) is 0 Å². The summed E-state index contributed by atoms with van der Waals surface area (Å²) in [7, 11) is 0. The predicted octanol–water partition coefficient (Wildman–Crippen LogP) is 3.84. The molecule has 3 aromatic rings. The average Bonchev–Trinajstić information content (AvgIpc) is 2.83. The van der Waals surface area contributed by atoms with Gasteiger partial charge in [-0.3, -0.25) is 9.59 Å². The molecule has 1 aromatic heterocycles. The van der Waals surface area contributed by atoms with E-state index in [1.807, 2.05) is 24.3 Å². The smallest absolute Gasteiger partial charge is 0.227 e. The monoisotopic (exact) mass is 435 g/mol. The third-order valence-corrected chi connectivity index (χ3v) is 4.92. The van der Waals surface area contributed by atoms with Crippen LogP contribution in [0.5, 0.6) is 17.4 Å². The van der Waals surface area contributed by atoms with Gasteiger partial charge >= 0.3 is 0 Å². The van der Waals surface area contributed by atoms with Crippen LogP contribution in [0.2, 0.25) is 0 Å². The lowest BCUT2D eigenvalue weighted by Crippen LogP contribution is -2.38. The third-order valence-electron chi connectivity index (χ3n) is 4.92. The van der Waals surface area contributed by atoms with Crippen LogP contribution in [0, 0.1) is 5.82 Å². The summed E-state index contributed by atoms with van der Waals surface area (Å²) in [5, 5.41) is 2.79. The SMILES string of the molecule is O=C(CCC(=O)N1CCOc2ccccc21)NCc1ccc(Oc2ccc(F)cc2)nc1. The largest absolute Gasteiger partial charge is 0.490 e. The molecule has 0 bridgehead atoms. The van der Waals surface area contributed by atoms with E-state index in [9.17, 15) is 14.0 Å². The number of hydrogen-bond acceptors (Lipinski definition) is 5. The lowest BCUT2D eigenvalue weighted by atomic mass is 10.2. The molecule has 7 nitrogen and oxygen atoms in total. The summed E-state index contributed by atoms with van der Waals surface area (Å²) in [4.78, 5) is 30.6. The molecule has 0 saturated heterocycles. The van der Waals surface area contributed by atoms with E-state index < -0.39 is 0 Å². The molecule has 1 aliphatic rings. The van der Waals surface area contributed by atoms with Crippen molar-refractivity contribution in [2.45, 2.75) is 19.4 Å². The minimum atomic E-state index is -0.340. The summed E-state index contributed by atoms with van der Waals surface area (Å²) in [6.07, 6.45) is 1.80. The number of nitrogens with one attached hydrogen (secondary N) is 1. The molecule has 2 aromatic carbocycles. The van der Waals surface area contributed by atoms with Crippen LogP contribution in [-0.2, 0) is 16.1 Å². The maximum atomic E-state index is 12.9. The van der Waals surface area contributed by atoms with E-state index in [2.05, 4.69) is 10.3 Å². The zero-order valence-corrected chi connectivity index (χ0v) is 17.3. The van der Waals surface area contributed by atoms with Crippen molar-refractivity contribution in [3.8, 4) is 17.4 Å². The topological polar surface area (TPSA) is 80.8 Å². The number of carbonyl (C=O) groups excluding carboxylic acids is 2. The Morgan fingerprint density at radius 2 is 1.88 bits per heavy atom. The van der Waals surface area contributed by atoms with Crippen molar-refractivity contribution in [1.82, 2.24) is 10.3 Å². The van der Waals surface area contributed by atoms with Crippen molar-refractivity contribution < 1.29 is 23.5 Å². The zero-order chi connectivity index (χ0) is 22.3. The highest BCUT2D eigenvalue weighted by atomic mass is 19.1. The molecule has 0 fully saturated rings. The molecule has 0 aliphatic carbocycles. The summed E-state index contributed by atoms with van der Waals surface area (Å²) in [6, 6.07) is 16.5. The first-order valence-electron chi connectivity index (χ1n) is 10.3. The Morgan fingerprint density at radius 3 is 2.66 bits per heavy atom. The van der Waals surface area contributed by atoms with Gasteiger partial charge < -0.3 is 19.7 Å². The minimum Gasteiger partial charge on any atom is -0.490 e. The first-order chi connectivity index (χ1) is 15.6. The van der Waals surface area contributed by atoms with Crippen molar-refractivity contribution in [3.05, 3.63) is 78.2 Å². The molecule has 8 heteroatoms. The van der Waals surface area contributed by atoms with Gasteiger partial charge in [0, 0.05) is 31.6 Å². The van der Waals surface area contributed by atoms with Crippen LogP contribution in [0.25, 0.3) is 0 Å². The van der Waals surface area contributed by atoms with Crippen molar-refractivity contribution in [3.63, 3.8) is 0 Å². The van der Waals surface area contributed by atoms with E-state index in [-0.39, 0.29) is 37.0 Å². The molecule has 2 heterocycles. The number of halogens is 1. The number of benzene rings is 2. The zero-order valence-electron chi connectivity index (χ0n) is 17.3. The summed E-state index contributed by atoms with van der Waals surface area (Å²) < 4.78 is 24.1. The molecular formula is C24H22FN3O4. The van der Waals surface area contributed by atoms with Crippen LogP contribution in [0.4, 0.5) is 10.1 Å². The molecule has 1 N–H and O–H groups in total. The van der Waals surface area contributed by atoms with Crippen molar-refractivity contribution >= 4 is 17.5 Å². The molecule has 0 saturated carbocycles. The molecule has 2 amide bonds. The Labute approximate surface area is 184 Å². The van der Waals surface area contributed by atoms with Gasteiger partial charge in [0.2, 0.25) is 17.7 Å². The summed E-state index contributed by atoms with van der Waals surface area (Å²) in [6.45, 7) is 1.19. The van der Waals surface area contributed by atoms with Gasteiger partial charge in [0.15, 0.2) is 0 Å². The van der Waals surface area contributed by atoms with E-state index >= 15 is 0 Å². The van der Waals surface area contributed by atoms with E-state index in [0.29, 0.717) is 30.5 Å². The van der Waals surface area contributed by atoms with Gasteiger partial charge in [0.05, 0.1) is 12.2 Å². The van der Waals surface area contributed by atoms with Crippen LogP contribution in [0.15, 0.2) is 66.9 Å². The quantitative estimate of drug-likeness (QED) is 0.610. The molecule has 0 unspecified atom stereocenters. The Bertz CT molecular complexity index is 1090. The highest BCUT2D eigenvalue weighted by Gasteiger charge is 2.23. The van der Waals surface area contributed by atoms with Crippen LogP contribution < -0.4 is 19.7 Å². The molecule has 164 valence electrons. The number of hydrogen-bond donors (Lipinski definition) is 1. The molecule has 1 aliphatic heterocycles. The third kappa shape index (κ3) is 5.40. The van der Waals surface area contributed by atoms with E-state index in [1.54, 1.807) is 23.2 Å². The maximum Gasteiger partial charge on any atom is 0.227 e. The second-order valence-electron chi connectivity index (χ2n) is 7.20. The number of carbonyl (C=O) groups is 2. The number of rotatable bonds is 7. The van der Waals surface area contributed by atoms with Crippen LogP contribution in [0.3, 0.4) is 0 Å². The molecule has 32 heavy (non-hydrogen) atoms. The highest BCUT2D eigenvalue weighted by Crippen LogP contribution is 2.31. The molecule has 4 rings (SSSR count). The number of fused-ring (bicyclic) bond motifs is 1. The average molecular weight is 435 g/mol. The fourth-order valence-corrected chi connectivity index (χ4v) is 3.27. The Balaban J connectivity index is 1.23. The van der Waals surface area contributed by atoms with Crippen LogP contribution in [-0.4, -0.2) is 29.9 Å². The highest BCUT2D eigenvalue weighted by molar-refractivity contribution is 5.97. The van der Waals surface area contributed by atoms with Gasteiger partial charge in [-0.15, -0.1) is 0 Å². The Hall–Kier alpha value is -3.94. The van der Waals surface area contributed by atoms with Gasteiger partial charge in [-0.05, 0) is 42.0 Å². The van der Waals surface area contributed by atoms with E-state index in [4.69, 9.17) is 9.47 Å².